The highest BCUT2D eigenvalue weighted by molar-refractivity contribution is 7.17. The topological polar surface area (TPSA) is 81.4 Å². The van der Waals surface area contributed by atoms with E-state index in [9.17, 15) is 9.59 Å². The van der Waals surface area contributed by atoms with Crippen molar-refractivity contribution in [3.05, 3.63) is 63.6 Å². The van der Waals surface area contributed by atoms with Crippen LogP contribution in [0.15, 0.2) is 42.0 Å². The molecule has 5 nitrogen and oxygen atoms in total. The third-order valence-corrected chi connectivity index (χ3v) is 6.30. The Morgan fingerprint density at radius 2 is 2.04 bits per heavy atom. The molecule has 1 aromatic carbocycles. The van der Waals surface area contributed by atoms with Gasteiger partial charge < -0.3 is 15.8 Å². The summed E-state index contributed by atoms with van der Waals surface area (Å²) in [5.41, 5.74) is 8.97. The third-order valence-electron chi connectivity index (χ3n) is 5.10. The molecule has 2 aromatic rings. The minimum atomic E-state index is -0.479. The van der Waals surface area contributed by atoms with E-state index in [4.69, 9.17) is 10.5 Å². The highest BCUT2D eigenvalue weighted by Crippen LogP contribution is 2.38. The van der Waals surface area contributed by atoms with Crippen LogP contribution in [-0.2, 0) is 17.6 Å². The van der Waals surface area contributed by atoms with Gasteiger partial charge in [-0.3, -0.25) is 9.59 Å². The number of ether oxygens (including phenoxy) is 1. The Bertz CT molecular complexity index is 1000. The molecule has 2 aliphatic rings. The van der Waals surface area contributed by atoms with Crippen molar-refractivity contribution in [1.82, 2.24) is 0 Å². The summed E-state index contributed by atoms with van der Waals surface area (Å²) >= 11 is 1.47. The molecule has 0 spiro atoms. The van der Waals surface area contributed by atoms with Crippen LogP contribution in [0.2, 0.25) is 0 Å². The number of benzene rings is 1. The smallest absolute Gasteiger partial charge is 0.251 e. The van der Waals surface area contributed by atoms with E-state index >= 15 is 0 Å². The lowest BCUT2D eigenvalue weighted by atomic mass is 9.95. The van der Waals surface area contributed by atoms with Crippen molar-refractivity contribution in [3.8, 4) is 5.75 Å². The number of para-hydroxylation sites is 1. The Kier molecular flexibility index (Phi) is 5.05. The minimum Gasteiger partial charge on any atom is -0.485 e. The summed E-state index contributed by atoms with van der Waals surface area (Å²) in [6.45, 7) is 1.95. The number of fused-ring (bicyclic) bond motifs is 2. The molecule has 3 N–H and O–H groups in total. The number of thiophene rings is 1. The molecule has 1 unspecified atom stereocenters. The Balaban J connectivity index is 1.53. The van der Waals surface area contributed by atoms with Crippen LogP contribution in [0.25, 0.3) is 6.08 Å². The average Bonchev–Trinajstić information content (AvgIpc) is 3.04. The van der Waals surface area contributed by atoms with Gasteiger partial charge in [-0.2, -0.15) is 0 Å². The van der Waals surface area contributed by atoms with Crippen molar-refractivity contribution in [2.24, 2.45) is 5.73 Å². The Morgan fingerprint density at radius 1 is 1.25 bits per heavy atom. The molecular weight excluding hydrogens is 372 g/mol. The van der Waals surface area contributed by atoms with Crippen molar-refractivity contribution in [2.45, 2.75) is 38.7 Å². The molecule has 6 heteroatoms. The highest BCUT2D eigenvalue weighted by Gasteiger charge is 2.24. The molecular formula is C22H22N2O3S. The van der Waals surface area contributed by atoms with Crippen LogP contribution in [0, 0.1) is 0 Å². The molecule has 0 bridgehead atoms. The predicted molar refractivity (Wildman–Crippen MR) is 112 cm³/mol. The van der Waals surface area contributed by atoms with E-state index in [1.54, 1.807) is 6.08 Å². The van der Waals surface area contributed by atoms with Gasteiger partial charge in [0.2, 0.25) is 5.91 Å². The van der Waals surface area contributed by atoms with Crippen LogP contribution in [0.1, 0.15) is 46.1 Å². The van der Waals surface area contributed by atoms with Crippen molar-refractivity contribution >= 4 is 34.2 Å². The van der Waals surface area contributed by atoms with Crippen molar-refractivity contribution in [3.63, 3.8) is 0 Å². The molecule has 144 valence electrons. The summed E-state index contributed by atoms with van der Waals surface area (Å²) in [6, 6.07) is 7.79. The first-order valence-corrected chi connectivity index (χ1v) is 10.3. The first kappa shape index (κ1) is 18.5. The van der Waals surface area contributed by atoms with Gasteiger partial charge in [-0.05, 0) is 62.0 Å². The number of aryl methyl sites for hydroxylation is 1. The summed E-state index contributed by atoms with van der Waals surface area (Å²) in [4.78, 5) is 25.6. The standard InChI is InChI=1S/C22H22N2O3S/c1-13-14(12-15-6-2-4-8-17(15)27-13)10-11-19(25)24-22-20(21(23)26)16-7-3-5-9-18(16)28-22/h2,4,6,8,10-13H,3,5,7,9H2,1H3,(H2,23,26)(H,24,25). The first-order valence-electron chi connectivity index (χ1n) is 9.43. The number of amides is 2. The number of hydrogen-bond acceptors (Lipinski definition) is 4. The molecule has 2 amide bonds. The Morgan fingerprint density at radius 3 is 2.86 bits per heavy atom. The second-order valence-electron chi connectivity index (χ2n) is 7.04. The van der Waals surface area contributed by atoms with Gasteiger partial charge in [0.15, 0.2) is 0 Å². The van der Waals surface area contributed by atoms with Crippen LogP contribution < -0.4 is 15.8 Å². The second kappa shape index (κ2) is 7.64. The number of carbonyl (C=O) groups excluding carboxylic acids is 2. The molecule has 0 radical (unpaired) electrons. The largest absolute Gasteiger partial charge is 0.485 e. The zero-order valence-corrected chi connectivity index (χ0v) is 16.5. The maximum Gasteiger partial charge on any atom is 0.251 e. The fraction of sp³-hybridized carbons (Fsp3) is 0.273. The van der Waals surface area contributed by atoms with E-state index in [1.807, 2.05) is 37.3 Å². The summed E-state index contributed by atoms with van der Waals surface area (Å²) in [7, 11) is 0. The second-order valence-corrected chi connectivity index (χ2v) is 8.15. The van der Waals surface area contributed by atoms with Gasteiger partial charge >= 0.3 is 0 Å². The molecule has 1 atom stereocenters. The number of nitrogens with two attached hydrogens (primary N) is 1. The maximum absolute atomic E-state index is 12.5. The predicted octanol–water partition coefficient (Wildman–Crippen LogP) is 4.09. The molecule has 0 fully saturated rings. The van der Waals surface area contributed by atoms with Crippen LogP contribution >= 0.6 is 11.3 Å². The molecule has 1 aliphatic carbocycles. The highest BCUT2D eigenvalue weighted by atomic mass is 32.1. The summed E-state index contributed by atoms with van der Waals surface area (Å²) in [6.07, 6.45) is 9.04. The molecule has 4 rings (SSSR count). The summed E-state index contributed by atoms with van der Waals surface area (Å²) in [5, 5.41) is 3.40. The number of anilines is 1. The van der Waals surface area contributed by atoms with E-state index in [0.717, 1.165) is 53.0 Å². The van der Waals surface area contributed by atoms with Gasteiger partial charge in [0, 0.05) is 16.5 Å². The first-order chi connectivity index (χ1) is 13.5. The van der Waals surface area contributed by atoms with Gasteiger partial charge in [0.05, 0.1) is 5.56 Å². The van der Waals surface area contributed by atoms with E-state index < -0.39 is 5.91 Å². The Hall–Kier alpha value is -2.86. The molecule has 0 saturated heterocycles. The zero-order chi connectivity index (χ0) is 19.7. The molecule has 1 aromatic heterocycles. The van der Waals surface area contributed by atoms with E-state index in [-0.39, 0.29) is 12.0 Å². The molecule has 1 aliphatic heterocycles. The lowest BCUT2D eigenvalue weighted by molar-refractivity contribution is -0.111. The fourth-order valence-corrected chi connectivity index (χ4v) is 4.98. The van der Waals surface area contributed by atoms with E-state index in [0.29, 0.717) is 10.6 Å². The number of hydrogen-bond donors (Lipinski definition) is 2. The number of nitrogens with one attached hydrogen (secondary N) is 1. The molecule has 2 heterocycles. The van der Waals surface area contributed by atoms with Crippen LogP contribution in [0.5, 0.6) is 5.75 Å². The minimum absolute atomic E-state index is 0.144. The SMILES string of the molecule is CC1Oc2ccccc2C=C1C=CC(=O)Nc1sc2c(c1C(N)=O)CCCC2. The van der Waals surface area contributed by atoms with Crippen LogP contribution in [0.4, 0.5) is 5.00 Å². The molecule has 28 heavy (non-hydrogen) atoms. The summed E-state index contributed by atoms with van der Waals surface area (Å²) in [5.74, 6) is 0.0761. The van der Waals surface area contributed by atoms with Crippen molar-refractivity contribution in [1.29, 1.82) is 0 Å². The zero-order valence-electron chi connectivity index (χ0n) is 15.7. The fourth-order valence-electron chi connectivity index (χ4n) is 3.69. The molecule has 0 saturated carbocycles. The number of primary amides is 1. The van der Waals surface area contributed by atoms with Gasteiger partial charge in [0.25, 0.3) is 5.91 Å². The number of carbonyl (C=O) groups is 2. The normalized spacial score (nSPS) is 18.0. The van der Waals surface area contributed by atoms with Crippen LogP contribution in [-0.4, -0.2) is 17.9 Å². The van der Waals surface area contributed by atoms with Gasteiger partial charge in [-0.1, -0.05) is 18.2 Å². The lowest BCUT2D eigenvalue weighted by Gasteiger charge is -2.22. The van der Waals surface area contributed by atoms with Crippen molar-refractivity contribution in [2.75, 3.05) is 5.32 Å². The van der Waals surface area contributed by atoms with Crippen LogP contribution in [0.3, 0.4) is 0 Å². The average molecular weight is 394 g/mol. The van der Waals surface area contributed by atoms with Crippen molar-refractivity contribution < 1.29 is 14.3 Å². The number of rotatable bonds is 4. The summed E-state index contributed by atoms with van der Waals surface area (Å²) < 4.78 is 5.89. The monoisotopic (exact) mass is 394 g/mol. The van der Waals surface area contributed by atoms with Gasteiger partial charge in [-0.15, -0.1) is 11.3 Å². The van der Waals surface area contributed by atoms with Gasteiger partial charge in [0.1, 0.15) is 16.9 Å². The van der Waals surface area contributed by atoms with E-state index in [1.165, 1.54) is 17.4 Å². The van der Waals surface area contributed by atoms with Gasteiger partial charge in [-0.25, -0.2) is 0 Å². The van der Waals surface area contributed by atoms with E-state index in [2.05, 4.69) is 5.32 Å². The lowest BCUT2D eigenvalue weighted by Crippen LogP contribution is -2.19. The maximum atomic E-state index is 12.5. The quantitative estimate of drug-likeness (QED) is 0.767. The third kappa shape index (κ3) is 3.60. The Labute approximate surface area is 167 Å².